The molecular formula is C5H13N3O2. The second kappa shape index (κ2) is 5.01. The van der Waals surface area contributed by atoms with Crippen molar-refractivity contribution in [3.8, 4) is 0 Å². The lowest BCUT2D eigenvalue weighted by atomic mass is 10.3. The van der Waals surface area contributed by atoms with Gasteiger partial charge in [0, 0.05) is 0 Å². The molecule has 60 valence electrons. The summed E-state index contributed by atoms with van der Waals surface area (Å²) in [5.74, 6) is 0. The fourth-order valence-corrected chi connectivity index (χ4v) is 0.492. The average Bonchev–Trinajstić information content (AvgIpc) is 1.79. The lowest BCUT2D eigenvalue weighted by Crippen LogP contribution is -2.30. The summed E-state index contributed by atoms with van der Waals surface area (Å²) in [4.78, 5) is 9.98. The summed E-state index contributed by atoms with van der Waals surface area (Å²) in [7, 11) is 0. The predicted octanol–water partition coefficient (Wildman–Crippen LogP) is -0.895. The molecule has 0 radical (unpaired) electrons. The summed E-state index contributed by atoms with van der Waals surface area (Å²) in [6, 6.07) is 0. The quantitative estimate of drug-likeness (QED) is 0.354. The zero-order valence-electron chi connectivity index (χ0n) is 5.75. The van der Waals surface area contributed by atoms with E-state index in [-0.39, 0.29) is 6.17 Å². The van der Waals surface area contributed by atoms with Gasteiger partial charge in [0.15, 0.2) is 0 Å². The highest BCUT2D eigenvalue weighted by Crippen LogP contribution is 1.89. The minimum atomic E-state index is -0.759. The third-order valence-electron chi connectivity index (χ3n) is 0.926. The monoisotopic (exact) mass is 147 g/mol. The number of nitrogens with two attached hydrogens (primary N) is 3. The van der Waals surface area contributed by atoms with Crippen LogP contribution in [0.1, 0.15) is 12.8 Å². The third-order valence-corrected chi connectivity index (χ3v) is 0.926. The van der Waals surface area contributed by atoms with Crippen LogP contribution in [0.15, 0.2) is 0 Å². The van der Waals surface area contributed by atoms with E-state index >= 15 is 0 Å². The van der Waals surface area contributed by atoms with E-state index in [0.29, 0.717) is 19.4 Å². The summed E-state index contributed by atoms with van der Waals surface area (Å²) in [5.41, 5.74) is 15.1. The number of carbonyl (C=O) groups excluding carboxylic acids is 1. The third kappa shape index (κ3) is 7.19. The summed E-state index contributed by atoms with van der Waals surface area (Å²) >= 11 is 0. The second-order valence-electron chi connectivity index (χ2n) is 1.97. The zero-order valence-corrected chi connectivity index (χ0v) is 5.75. The van der Waals surface area contributed by atoms with Crippen LogP contribution in [-0.2, 0) is 4.74 Å². The average molecular weight is 147 g/mol. The minimum absolute atomic E-state index is 0.292. The van der Waals surface area contributed by atoms with Gasteiger partial charge in [-0.05, 0) is 12.8 Å². The molecule has 0 heterocycles. The Bertz CT molecular complexity index is 105. The van der Waals surface area contributed by atoms with E-state index in [4.69, 9.17) is 11.5 Å². The molecule has 0 aliphatic carbocycles. The summed E-state index contributed by atoms with van der Waals surface area (Å²) < 4.78 is 4.42. The van der Waals surface area contributed by atoms with Gasteiger partial charge in [-0.1, -0.05) is 0 Å². The first-order chi connectivity index (χ1) is 4.63. The maximum atomic E-state index is 9.98. The first-order valence-corrected chi connectivity index (χ1v) is 3.06. The standard InChI is InChI=1S/C5H13N3O2/c6-4(7)2-1-3-10-5(8)9/h4H,1-3,6-7H2,(H2,8,9). The summed E-state index contributed by atoms with van der Waals surface area (Å²) in [6.07, 6.45) is 0.190. The van der Waals surface area contributed by atoms with Crippen molar-refractivity contribution in [3.05, 3.63) is 0 Å². The zero-order chi connectivity index (χ0) is 7.98. The Labute approximate surface area is 59.5 Å². The fraction of sp³-hybridized carbons (Fsp3) is 0.800. The lowest BCUT2D eigenvalue weighted by molar-refractivity contribution is 0.154. The summed E-state index contributed by atoms with van der Waals surface area (Å²) in [6.45, 7) is 0.292. The SMILES string of the molecule is NC(=O)OCCCC(N)N. The van der Waals surface area contributed by atoms with Crippen LogP contribution >= 0.6 is 0 Å². The van der Waals surface area contributed by atoms with Gasteiger partial charge in [-0.2, -0.15) is 0 Å². The van der Waals surface area contributed by atoms with Gasteiger partial charge in [0.05, 0.1) is 12.8 Å². The van der Waals surface area contributed by atoms with Crippen molar-refractivity contribution in [2.24, 2.45) is 17.2 Å². The van der Waals surface area contributed by atoms with E-state index in [2.05, 4.69) is 10.5 Å². The molecule has 0 aliphatic heterocycles. The van der Waals surface area contributed by atoms with Gasteiger partial charge in [-0.15, -0.1) is 0 Å². The van der Waals surface area contributed by atoms with Crippen molar-refractivity contribution in [2.45, 2.75) is 19.0 Å². The van der Waals surface area contributed by atoms with Crippen molar-refractivity contribution in [1.82, 2.24) is 0 Å². The van der Waals surface area contributed by atoms with E-state index < -0.39 is 6.09 Å². The van der Waals surface area contributed by atoms with Crippen LogP contribution in [0.4, 0.5) is 4.79 Å². The number of carbonyl (C=O) groups is 1. The maximum absolute atomic E-state index is 9.98. The second-order valence-corrected chi connectivity index (χ2v) is 1.97. The van der Waals surface area contributed by atoms with Crippen molar-refractivity contribution < 1.29 is 9.53 Å². The van der Waals surface area contributed by atoms with Crippen LogP contribution in [0, 0.1) is 0 Å². The molecule has 6 N–H and O–H groups in total. The maximum Gasteiger partial charge on any atom is 0.404 e. The van der Waals surface area contributed by atoms with Gasteiger partial charge >= 0.3 is 6.09 Å². The molecule has 0 unspecified atom stereocenters. The predicted molar refractivity (Wildman–Crippen MR) is 36.9 cm³/mol. The van der Waals surface area contributed by atoms with Gasteiger partial charge in [0.25, 0.3) is 0 Å². The van der Waals surface area contributed by atoms with Crippen LogP contribution in [0.5, 0.6) is 0 Å². The Hall–Kier alpha value is -0.810. The Kier molecular flexibility index (Phi) is 4.61. The first kappa shape index (κ1) is 9.19. The van der Waals surface area contributed by atoms with E-state index in [0.717, 1.165) is 0 Å². The minimum Gasteiger partial charge on any atom is -0.450 e. The highest BCUT2D eigenvalue weighted by Gasteiger charge is 1.95. The molecule has 0 rings (SSSR count). The van der Waals surface area contributed by atoms with E-state index in [1.54, 1.807) is 0 Å². The fourth-order valence-electron chi connectivity index (χ4n) is 0.492. The number of amides is 1. The molecule has 5 heteroatoms. The Morgan fingerprint density at radius 2 is 2.10 bits per heavy atom. The lowest BCUT2D eigenvalue weighted by Gasteiger charge is -2.03. The van der Waals surface area contributed by atoms with Crippen LogP contribution < -0.4 is 17.2 Å². The molecular weight excluding hydrogens is 134 g/mol. The highest BCUT2D eigenvalue weighted by molar-refractivity contribution is 5.64. The van der Waals surface area contributed by atoms with Gasteiger partial charge in [0.2, 0.25) is 0 Å². The number of rotatable bonds is 4. The first-order valence-electron chi connectivity index (χ1n) is 3.06. The summed E-state index contributed by atoms with van der Waals surface area (Å²) in [5, 5.41) is 0. The van der Waals surface area contributed by atoms with Crippen molar-refractivity contribution in [3.63, 3.8) is 0 Å². The number of primary amides is 1. The van der Waals surface area contributed by atoms with Crippen LogP contribution in [0.25, 0.3) is 0 Å². The van der Waals surface area contributed by atoms with Crippen molar-refractivity contribution in [1.29, 1.82) is 0 Å². The van der Waals surface area contributed by atoms with Gasteiger partial charge in [0.1, 0.15) is 0 Å². The number of hydrogen-bond acceptors (Lipinski definition) is 4. The Morgan fingerprint density at radius 3 is 2.50 bits per heavy atom. The van der Waals surface area contributed by atoms with Gasteiger partial charge in [-0.3, -0.25) is 0 Å². The number of ether oxygens (including phenoxy) is 1. The topological polar surface area (TPSA) is 104 Å². The largest absolute Gasteiger partial charge is 0.450 e. The molecule has 0 aromatic heterocycles. The molecule has 0 saturated heterocycles. The Morgan fingerprint density at radius 1 is 1.50 bits per heavy atom. The molecule has 0 atom stereocenters. The van der Waals surface area contributed by atoms with Crippen molar-refractivity contribution in [2.75, 3.05) is 6.61 Å². The smallest absolute Gasteiger partial charge is 0.404 e. The number of hydrogen-bond donors (Lipinski definition) is 3. The molecule has 1 amide bonds. The molecule has 0 bridgehead atoms. The van der Waals surface area contributed by atoms with Gasteiger partial charge < -0.3 is 21.9 Å². The molecule has 5 nitrogen and oxygen atoms in total. The van der Waals surface area contributed by atoms with E-state index in [9.17, 15) is 4.79 Å². The molecule has 0 aliphatic rings. The van der Waals surface area contributed by atoms with Crippen LogP contribution in [-0.4, -0.2) is 18.9 Å². The van der Waals surface area contributed by atoms with Gasteiger partial charge in [-0.25, -0.2) is 4.79 Å². The van der Waals surface area contributed by atoms with Crippen molar-refractivity contribution >= 4 is 6.09 Å². The molecule has 0 spiro atoms. The van der Waals surface area contributed by atoms with E-state index in [1.165, 1.54) is 0 Å². The van der Waals surface area contributed by atoms with Crippen LogP contribution in [0.3, 0.4) is 0 Å². The highest BCUT2D eigenvalue weighted by atomic mass is 16.5. The molecule has 0 aromatic carbocycles. The van der Waals surface area contributed by atoms with Crippen LogP contribution in [0.2, 0.25) is 0 Å². The molecule has 0 aromatic rings. The van der Waals surface area contributed by atoms with E-state index in [1.807, 2.05) is 0 Å². The molecule has 0 fully saturated rings. The molecule has 0 saturated carbocycles. The Balaban J connectivity index is 2.98. The molecule has 10 heavy (non-hydrogen) atoms. The normalized spacial score (nSPS) is 9.90.